The summed E-state index contributed by atoms with van der Waals surface area (Å²) in [5, 5.41) is 1.36. The average Bonchev–Trinajstić information content (AvgIpc) is 2.84. The van der Waals surface area contributed by atoms with Crippen molar-refractivity contribution in [1.29, 1.82) is 0 Å². The summed E-state index contributed by atoms with van der Waals surface area (Å²) in [6.45, 7) is 4.18. The molecule has 3 heterocycles. The fourth-order valence-electron chi connectivity index (χ4n) is 4.48. The number of hydrogen-bond acceptors (Lipinski definition) is 6. The molecule has 1 saturated heterocycles. The SMILES string of the molecule is CN1CCN(c2ccc(Cc3nc(N)c4cc(-c5c(Cl)cccc5Cl)c(=O)n(C)c4n3)cc2)CC1. The van der Waals surface area contributed by atoms with Crippen LogP contribution in [0.15, 0.2) is 53.3 Å². The van der Waals surface area contributed by atoms with Crippen molar-refractivity contribution in [1.82, 2.24) is 19.4 Å². The fourth-order valence-corrected chi connectivity index (χ4v) is 5.08. The summed E-state index contributed by atoms with van der Waals surface area (Å²) in [6, 6.07) is 15.3. The van der Waals surface area contributed by atoms with Crippen LogP contribution >= 0.6 is 23.2 Å². The van der Waals surface area contributed by atoms with Crippen molar-refractivity contribution < 1.29 is 0 Å². The van der Waals surface area contributed by atoms with E-state index in [0.717, 1.165) is 31.7 Å². The molecule has 0 unspecified atom stereocenters. The molecule has 7 nitrogen and oxygen atoms in total. The maximum absolute atomic E-state index is 13.2. The molecule has 35 heavy (non-hydrogen) atoms. The van der Waals surface area contributed by atoms with Crippen molar-refractivity contribution >= 4 is 45.7 Å². The van der Waals surface area contributed by atoms with Crippen LogP contribution in [0.1, 0.15) is 11.4 Å². The third kappa shape index (κ3) is 4.59. The summed E-state index contributed by atoms with van der Waals surface area (Å²) in [5.41, 5.74) is 9.68. The molecule has 2 N–H and O–H groups in total. The number of nitrogens with zero attached hydrogens (tertiary/aromatic N) is 5. The summed E-state index contributed by atoms with van der Waals surface area (Å²) < 4.78 is 1.47. The van der Waals surface area contributed by atoms with Gasteiger partial charge in [0.15, 0.2) is 0 Å². The summed E-state index contributed by atoms with van der Waals surface area (Å²) in [6.07, 6.45) is 0.509. The Bertz CT molecular complexity index is 1440. The molecule has 0 radical (unpaired) electrons. The van der Waals surface area contributed by atoms with Gasteiger partial charge < -0.3 is 15.5 Å². The highest BCUT2D eigenvalue weighted by molar-refractivity contribution is 6.39. The smallest absolute Gasteiger partial charge is 0.259 e. The zero-order valence-corrected chi connectivity index (χ0v) is 21.1. The van der Waals surface area contributed by atoms with Crippen LogP contribution in [-0.4, -0.2) is 52.7 Å². The summed E-state index contributed by atoms with van der Waals surface area (Å²) >= 11 is 12.7. The van der Waals surface area contributed by atoms with E-state index in [0.29, 0.717) is 50.3 Å². The lowest BCUT2D eigenvalue weighted by Gasteiger charge is -2.34. The van der Waals surface area contributed by atoms with Gasteiger partial charge in [-0.2, -0.15) is 0 Å². The van der Waals surface area contributed by atoms with E-state index >= 15 is 0 Å². The maximum atomic E-state index is 13.2. The molecule has 1 fully saturated rings. The largest absolute Gasteiger partial charge is 0.383 e. The summed E-state index contributed by atoms with van der Waals surface area (Å²) in [4.78, 5) is 27.2. The first-order chi connectivity index (χ1) is 16.8. The number of pyridine rings is 1. The summed E-state index contributed by atoms with van der Waals surface area (Å²) in [7, 11) is 3.82. The quantitative estimate of drug-likeness (QED) is 0.444. The molecule has 9 heteroatoms. The molecule has 2 aromatic heterocycles. The fraction of sp³-hybridized carbons (Fsp3) is 0.269. The van der Waals surface area contributed by atoms with Crippen LogP contribution in [0, 0.1) is 0 Å². The molecule has 1 aliphatic heterocycles. The van der Waals surface area contributed by atoms with E-state index in [1.54, 1.807) is 31.3 Å². The number of likely N-dealkylation sites (N-methyl/N-ethyl adjacent to an activating group) is 1. The number of rotatable bonds is 4. The van der Waals surface area contributed by atoms with Crippen LogP contribution in [0.4, 0.5) is 11.5 Å². The van der Waals surface area contributed by atoms with Gasteiger partial charge in [-0.05, 0) is 42.9 Å². The van der Waals surface area contributed by atoms with Gasteiger partial charge >= 0.3 is 0 Å². The predicted octanol–water partition coefficient (Wildman–Crippen LogP) is 4.23. The van der Waals surface area contributed by atoms with Gasteiger partial charge in [-0.25, -0.2) is 9.97 Å². The molecule has 0 spiro atoms. The highest BCUT2D eigenvalue weighted by Gasteiger charge is 2.18. The monoisotopic (exact) mass is 508 g/mol. The second kappa shape index (κ2) is 9.49. The van der Waals surface area contributed by atoms with E-state index < -0.39 is 0 Å². The molecule has 4 aromatic rings. The molecule has 0 amide bonds. The number of aromatic nitrogens is 3. The minimum Gasteiger partial charge on any atom is -0.383 e. The average molecular weight is 509 g/mol. The highest BCUT2D eigenvalue weighted by Crippen LogP contribution is 2.34. The van der Waals surface area contributed by atoms with Gasteiger partial charge in [0.25, 0.3) is 5.56 Å². The molecular weight excluding hydrogens is 483 g/mol. The number of aryl methyl sites for hydroxylation is 1. The number of hydrogen-bond donors (Lipinski definition) is 1. The topological polar surface area (TPSA) is 80.3 Å². The Morgan fingerprint density at radius 2 is 1.60 bits per heavy atom. The lowest BCUT2D eigenvalue weighted by Crippen LogP contribution is -2.44. The number of halogens is 2. The van der Waals surface area contributed by atoms with Gasteiger partial charge in [-0.15, -0.1) is 0 Å². The molecule has 2 aromatic carbocycles. The number of piperazine rings is 1. The Morgan fingerprint density at radius 3 is 2.26 bits per heavy atom. The van der Waals surface area contributed by atoms with Gasteiger partial charge in [0.1, 0.15) is 17.3 Å². The first kappa shape index (κ1) is 23.6. The Balaban J connectivity index is 1.47. The van der Waals surface area contributed by atoms with Crippen LogP contribution < -0.4 is 16.2 Å². The van der Waals surface area contributed by atoms with Crippen LogP contribution in [0.2, 0.25) is 10.0 Å². The van der Waals surface area contributed by atoms with Crippen molar-refractivity contribution in [3.05, 3.63) is 80.3 Å². The molecule has 0 saturated carbocycles. The van der Waals surface area contributed by atoms with Crippen molar-refractivity contribution in [3.63, 3.8) is 0 Å². The van der Waals surface area contributed by atoms with Crippen LogP contribution in [0.5, 0.6) is 0 Å². The lowest BCUT2D eigenvalue weighted by atomic mass is 10.1. The molecule has 0 bridgehead atoms. The maximum Gasteiger partial charge on any atom is 0.259 e. The predicted molar refractivity (Wildman–Crippen MR) is 144 cm³/mol. The molecule has 0 aliphatic carbocycles. The van der Waals surface area contributed by atoms with E-state index in [4.69, 9.17) is 28.9 Å². The Kier molecular flexibility index (Phi) is 6.40. The Hall–Kier alpha value is -3.13. The minimum atomic E-state index is -0.256. The van der Waals surface area contributed by atoms with Crippen LogP contribution in [-0.2, 0) is 13.5 Å². The molecule has 5 rings (SSSR count). The zero-order valence-electron chi connectivity index (χ0n) is 19.6. The Labute approximate surface area is 213 Å². The van der Waals surface area contributed by atoms with Gasteiger partial charge in [0.05, 0.1) is 21.0 Å². The van der Waals surface area contributed by atoms with E-state index in [2.05, 4.69) is 51.1 Å². The number of fused-ring (bicyclic) bond motifs is 1. The third-order valence-corrected chi connectivity index (χ3v) is 7.17. The van der Waals surface area contributed by atoms with E-state index in [9.17, 15) is 4.79 Å². The number of nitrogens with two attached hydrogens (primary N) is 1. The van der Waals surface area contributed by atoms with Crippen molar-refractivity contribution in [3.8, 4) is 11.1 Å². The van der Waals surface area contributed by atoms with Crippen molar-refractivity contribution in [2.24, 2.45) is 7.05 Å². The van der Waals surface area contributed by atoms with Gasteiger partial charge in [0, 0.05) is 50.9 Å². The lowest BCUT2D eigenvalue weighted by molar-refractivity contribution is 0.313. The molecule has 0 atom stereocenters. The molecular formula is C26H26Cl2N6O. The first-order valence-electron chi connectivity index (χ1n) is 11.4. The Morgan fingerprint density at radius 1 is 0.943 bits per heavy atom. The highest BCUT2D eigenvalue weighted by atomic mass is 35.5. The molecule has 1 aliphatic rings. The van der Waals surface area contributed by atoms with Crippen LogP contribution in [0.25, 0.3) is 22.2 Å². The van der Waals surface area contributed by atoms with Crippen molar-refractivity contribution in [2.75, 3.05) is 43.9 Å². The second-order valence-corrected chi connectivity index (χ2v) is 9.73. The van der Waals surface area contributed by atoms with Gasteiger partial charge in [-0.3, -0.25) is 9.36 Å². The molecule has 180 valence electrons. The van der Waals surface area contributed by atoms with Gasteiger partial charge in [0.2, 0.25) is 0 Å². The number of anilines is 2. The third-order valence-electron chi connectivity index (χ3n) is 6.54. The van der Waals surface area contributed by atoms with Crippen molar-refractivity contribution in [2.45, 2.75) is 6.42 Å². The standard InChI is InChI=1S/C26H26Cl2N6O/c1-32-10-12-34(13-11-32)17-8-6-16(7-9-17)14-22-30-24(29)19-15-18(26(35)33(2)25(19)31-22)23-20(27)4-3-5-21(23)28/h3-9,15H,10-14H2,1-2H3,(H2,29,30,31). The van der Waals surface area contributed by atoms with Crippen LogP contribution in [0.3, 0.4) is 0 Å². The number of benzene rings is 2. The normalized spacial score (nSPS) is 14.6. The summed E-state index contributed by atoms with van der Waals surface area (Å²) in [5.74, 6) is 0.861. The van der Waals surface area contributed by atoms with Gasteiger partial charge in [-0.1, -0.05) is 41.4 Å². The first-order valence-corrected chi connectivity index (χ1v) is 12.2. The minimum absolute atomic E-state index is 0.256. The van der Waals surface area contributed by atoms with E-state index in [1.807, 2.05) is 0 Å². The van der Waals surface area contributed by atoms with E-state index in [-0.39, 0.29) is 5.56 Å². The number of nitrogen functional groups attached to an aromatic ring is 1. The van der Waals surface area contributed by atoms with E-state index in [1.165, 1.54) is 10.3 Å². The zero-order chi connectivity index (χ0) is 24.7. The second-order valence-electron chi connectivity index (χ2n) is 8.91.